The first kappa shape index (κ1) is 8.04. The van der Waals surface area contributed by atoms with Crippen molar-refractivity contribution in [3.63, 3.8) is 0 Å². The first-order valence-corrected chi connectivity index (χ1v) is 3.30. The van der Waals surface area contributed by atoms with Crippen LogP contribution in [0.5, 0.6) is 0 Å². The van der Waals surface area contributed by atoms with E-state index in [1.54, 1.807) is 20.8 Å². The highest BCUT2D eigenvalue weighted by Gasteiger charge is 2.21. The Bertz CT molecular complexity index is 305. The van der Waals surface area contributed by atoms with Crippen LogP contribution in [0, 0.1) is 0 Å². The van der Waals surface area contributed by atoms with Crippen LogP contribution in [0.2, 0.25) is 0 Å². The van der Waals surface area contributed by atoms with Crippen LogP contribution in [0.15, 0.2) is 15.5 Å². The molecule has 0 unspecified atom stereocenters. The van der Waals surface area contributed by atoms with Crippen molar-refractivity contribution in [3.05, 3.63) is 22.5 Å². The summed E-state index contributed by atoms with van der Waals surface area (Å²) >= 11 is 0. The highest BCUT2D eigenvalue weighted by molar-refractivity contribution is 5.06. The highest BCUT2D eigenvalue weighted by atomic mass is 19.2. The number of hydrogen-bond acceptors (Lipinski definition) is 2. The molecule has 0 spiro atoms. The van der Waals surface area contributed by atoms with Crippen molar-refractivity contribution in [2.45, 2.75) is 26.2 Å². The lowest BCUT2D eigenvalue weighted by atomic mass is 9.93. The Morgan fingerprint density at radius 1 is 1.55 bits per heavy atom. The summed E-state index contributed by atoms with van der Waals surface area (Å²) in [6, 6.07) is 0. The van der Waals surface area contributed by atoms with Crippen LogP contribution in [0.25, 0.3) is 0 Å². The third kappa shape index (κ3) is 1.34. The largest absolute Gasteiger partial charge is 0.447 e. The predicted molar refractivity (Wildman–Crippen MR) is 38.2 cm³/mol. The maximum atomic E-state index is 12.8. The van der Waals surface area contributed by atoms with Gasteiger partial charge in [0.25, 0.3) is 0 Å². The number of nitrogens with zero attached hydrogens (tertiary/aromatic N) is 1. The lowest BCUT2D eigenvalue weighted by Gasteiger charge is -2.14. The zero-order chi connectivity index (χ0) is 8.65. The fourth-order valence-corrected chi connectivity index (χ4v) is 0.768. The second-order valence-corrected chi connectivity index (χ2v) is 3.42. The van der Waals surface area contributed by atoms with Crippen molar-refractivity contribution >= 4 is 0 Å². The molecular weight excluding hydrogens is 149 g/mol. The van der Waals surface area contributed by atoms with E-state index in [9.17, 15) is 9.28 Å². The summed E-state index contributed by atoms with van der Waals surface area (Å²) in [4.78, 5) is 10.5. The molecule has 0 aromatic carbocycles. The van der Waals surface area contributed by atoms with Crippen LogP contribution in [0.3, 0.4) is 0 Å². The maximum absolute atomic E-state index is 12.8. The van der Waals surface area contributed by atoms with E-state index in [1.807, 2.05) is 0 Å². The predicted octanol–water partition coefficient (Wildman–Crippen LogP) is 1.47. The van der Waals surface area contributed by atoms with Gasteiger partial charge in [-0.3, -0.25) is 0 Å². The molecule has 0 aliphatic rings. The Balaban J connectivity index is 3.26. The fraction of sp³-hybridized carbons (Fsp3) is 0.571. The van der Waals surface area contributed by atoms with Gasteiger partial charge in [0, 0.05) is 5.41 Å². The molecule has 0 saturated heterocycles. The molecule has 1 rings (SSSR count). The second-order valence-electron chi connectivity index (χ2n) is 3.42. The molecule has 11 heavy (non-hydrogen) atoms. The van der Waals surface area contributed by atoms with Crippen molar-refractivity contribution in [1.29, 1.82) is 0 Å². The molecule has 3 nitrogen and oxygen atoms in total. The molecule has 0 aliphatic heterocycles. The van der Waals surface area contributed by atoms with Crippen LogP contribution in [-0.4, -0.2) is 4.79 Å². The highest BCUT2D eigenvalue weighted by Crippen LogP contribution is 2.20. The van der Waals surface area contributed by atoms with Gasteiger partial charge in [0.05, 0.1) is 5.69 Å². The summed E-state index contributed by atoms with van der Waals surface area (Å²) < 4.78 is 17.1. The Morgan fingerprint density at radius 2 is 2.09 bits per heavy atom. The van der Waals surface area contributed by atoms with Crippen molar-refractivity contribution in [1.82, 2.24) is 4.79 Å². The zero-order valence-electron chi connectivity index (χ0n) is 6.72. The molecule has 0 fully saturated rings. The van der Waals surface area contributed by atoms with E-state index in [0.717, 1.165) is 6.26 Å². The van der Waals surface area contributed by atoms with Crippen LogP contribution >= 0.6 is 0 Å². The minimum atomic E-state index is -0.963. The Kier molecular flexibility index (Phi) is 1.62. The second kappa shape index (κ2) is 2.22. The van der Waals surface area contributed by atoms with Crippen molar-refractivity contribution < 1.29 is 8.90 Å². The van der Waals surface area contributed by atoms with Gasteiger partial charge in [0.2, 0.25) is 0 Å². The average Bonchev–Trinajstić information content (AvgIpc) is 2.11. The van der Waals surface area contributed by atoms with E-state index in [4.69, 9.17) is 0 Å². The maximum Gasteiger partial charge on any atom is 0.447 e. The zero-order valence-corrected chi connectivity index (χ0v) is 6.72. The molecule has 1 aromatic rings. The van der Waals surface area contributed by atoms with Crippen LogP contribution < -0.4 is 5.76 Å². The monoisotopic (exact) mass is 159 g/mol. The summed E-state index contributed by atoms with van der Waals surface area (Å²) in [5, 5.41) is 0. The lowest BCUT2D eigenvalue weighted by molar-refractivity contribution is 0.294. The van der Waals surface area contributed by atoms with E-state index >= 15 is 0 Å². The van der Waals surface area contributed by atoms with Gasteiger partial charge in [-0.2, -0.15) is 0 Å². The lowest BCUT2D eigenvalue weighted by Crippen LogP contribution is -2.18. The van der Waals surface area contributed by atoms with Crippen molar-refractivity contribution in [3.8, 4) is 0 Å². The summed E-state index contributed by atoms with van der Waals surface area (Å²) in [5.74, 6) is -0.963. The molecule has 0 radical (unpaired) electrons. The van der Waals surface area contributed by atoms with Gasteiger partial charge in [-0.25, -0.2) is 4.79 Å². The first-order valence-electron chi connectivity index (χ1n) is 3.30. The van der Waals surface area contributed by atoms with E-state index in [1.165, 1.54) is 0 Å². The van der Waals surface area contributed by atoms with E-state index in [0.29, 0.717) is 0 Å². The van der Waals surface area contributed by atoms with Gasteiger partial charge in [-0.05, 0) is 0 Å². The smallest absolute Gasteiger partial charge is 0.414 e. The Hall–Kier alpha value is -1.06. The molecule has 1 heterocycles. The van der Waals surface area contributed by atoms with Gasteiger partial charge in [-0.1, -0.05) is 25.3 Å². The average molecular weight is 159 g/mol. The number of oxazole rings is 1. The minimum Gasteiger partial charge on any atom is -0.414 e. The van der Waals surface area contributed by atoms with Gasteiger partial charge in [0.1, 0.15) is 6.26 Å². The topological polar surface area (TPSA) is 35.1 Å². The molecular formula is C7H10FNO2. The van der Waals surface area contributed by atoms with Gasteiger partial charge < -0.3 is 4.42 Å². The summed E-state index contributed by atoms with van der Waals surface area (Å²) in [7, 11) is 0. The quantitative estimate of drug-likeness (QED) is 0.574. The summed E-state index contributed by atoms with van der Waals surface area (Å²) in [6.45, 7) is 5.40. The third-order valence-electron chi connectivity index (χ3n) is 1.41. The Labute approximate surface area is 63.4 Å². The van der Waals surface area contributed by atoms with Crippen molar-refractivity contribution in [2.75, 3.05) is 0 Å². The Morgan fingerprint density at radius 3 is 2.27 bits per heavy atom. The molecule has 0 saturated carbocycles. The third-order valence-corrected chi connectivity index (χ3v) is 1.41. The van der Waals surface area contributed by atoms with Gasteiger partial charge in [-0.15, -0.1) is 4.79 Å². The van der Waals surface area contributed by atoms with Crippen LogP contribution in [0.4, 0.5) is 4.48 Å². The van der Waals surface area contributed by atoms with Crippen LogP contribution in [-0.2, 0) is 5.41 Å². The molecule has 0 aliphatic carbocycles. The summed E-state index contributed by atoms with van der Waals surface area (Å²) in [6.07, 6.45) is 1.14. The molecule has 62 valence electrons. The normalized spacial score (nSPS) is 12.0. The number of aromatic nitrogens is 1. The van der Waals surface area contributed by atoms with E-state index in [-0.39, 0.29) is 10.5 Å². The molecule has 0 N–H and O–H groups in total. The van der Waals surface area contributed by atoms with Gasteiger partial charge >= 0.3 is 5.76 Å². The minimum absolute atomic E-state index is 0.0278. The molecule has 0 amide bonds. The molecule has 0 bridgehead atoms. The van der Waals surface area contributed by atoms with Crippen LogP contribution in [0.1, 0.15) is 26.5 Å². The van der Waals surface area contributed by atoms with E-state index in [2.05, 4.69) is 4.42 Å². The first-order chi connectivity index (χ1) is 4.93. The van der Waals surface area contributed by atoms with Gasteiger partial charge in [0.15, 0.2) is 0 Å². The number of rotatable bonds is 0. The van der Waals surface area contributed by atoms with E-state index < -0.39 is 11.2 Å². The molecule has 0 atom stereocenters. The SMILES string of the molecule is CC(C)(C)c1coc(=O)n1F. The molecule has 1 aromatic heterocycles. The number of hydrogen-bond donors (Lipinski definition) is 0. The summed E-state index contributed by atoms with van der Waals surface area (Å²) in [5.41, 5.74) is -0.150. The van der Waals surface area contributed by atoms with Crippen molar-refractivity contribution in [2.24, 2.45) is 0 Å². The molecule has 4 heteroatoms. The standard InChI is InChI=1S/C7H10FNO2/c1-7(2,3)5-4-11-6(10)9(5)8/h4H,1-3H3. The number of halogens is 1. The fourth-order valence-electron chi connectivity index (χ4n) is 0.768.